The summed E-state index contributed by atoms with van der Waals surface area (Å²) in [6.45, 7) is 0. The molecule has 0 rings (SSSR count). The van der Waals surface area contributed by atoms with Gasteiger partial charge in [0.1, 0.15) is 6.11 Å². The fraction of sp³-hybridized carbons (Fsp3) is 0. The van der Waals surface area contributed by atoms with Crippen LogP contribution in [0.1, 0.15) is 0 Å². The highest BCUT2D eigenvalue weighted by Crippen LogP contribution is 1.65. The molecule has 0 amide bonds. The molecule has 0 aromatic rings. The summed E-state index contributed by atoms with van der Waals surface area (Å²) in [6.07, 6.45) is 12.4. The highest BCUT2D eigenvalue weighted by Gasteiger charge is 1.85. The predicted octanol–water partition coefficient (Wildman–Crippen LogP) is 0.521. The van der Waals surface area contributed by atoms with Gasteiger partial charge in [0.25, 0.3) is 0 Å². The molecule has 0 fully saturated rings. The molecule has 0 radical (unpaired) electrons. The Bertz CT molecular complexity index is 117. The van der Waals surface area contributed by atoms with Crippen LogP contribution in [0, 0.1) is 25.4 Å². The maximum absolute atomic E-state index is 9.23. The highest BCUT2D eigenvalue weighted by molar-refractivity contribution is 5.58. The van der Waals surface area contributed by atoms with Crippen molar-refractivity contribution in [3.05, 3.63) is 0 Å². The summed E-state index contributed by atoms with van der Waals surface area (Å²) in [6, 6.07) is 0. The Labute approximate surface area is 47.3 Å². The van der Waals surface area contributed by atoms with Crippen LogP contribution in [0.15, 0.2) is 0 Å². The van der Waals surface area contributed by atoms with Crippen molar-refractivity contribution in [2.45, 2.75) is 0 Å². The quantitative estimate of drug-likeness (QED) is 0.367. The van der Waals surface area contributed by atoms with E-state index in [0.717, 1.165) is 0 Å². The molecule has 0 saturated carbocycles. The maximum Gasteiger partial charge on any atom is 0.520 e. The van der Waals surface area contributed by atoms with Gasteiger partial charge in [0.05, 0.1) is 0 Å². The zero-order chi connectivity index (χ0) is 6.99. The predicted molar refractivity (Wildman–Crippen MR) is 27.8 cm³/mol. The second kappa shape index (κ2) is 9.04. The standard InChI is InChI=1S/C3H2O3.C2H2/c1-2-6-3(4)5;1-2/h1H,(H,4,5);1-2H. The summed E-state index contributed by atoms with van der Waals surface area (Å²) in [5.74, 6) is 0. The maximum atomic E-state index is 9.23. The number of carboxylic acid groups (broad SMARTS) is 1. The van der Waals surface area contributed by atoms with Gasteiger partial charge >= 0.3 is 6.16 Å². The SMILES string of the molecule is C#C.C#COC(=O)O. The smallest absolute Gasteiger partial charge is 0.449 e. The molecule has 0 aliphatic rings. The average Bonchev–Trinajstić information content (AvgIpc) is 1.72. The second-order valence-electron chi connectivity index (χ2n) is 0.486. The monoisotopic (exact) mass is 112 g/mol. The summed E-state index contributed by atoms with van der Waals surface area (Å²) < 4.78 is 3.49. The van der Waals surface area contributed by atoms with E-state index in [9.17, 15) is 4.79 Å². The van der Waals surface area contributed by atoms with Crippen LogP contribution in [0.5, 0.6) is 0 Å². The first-order valence-electron chi connectivity index (χ1n) is 1.46. The molecular weight excluding hydrogens is 108 g/mol. The van der Waals surface area contributed by atoms with E-state index in [1.165, 1.54) is 6.11 Å². The van der Waals surface area contributed by atoms with Crippen molar-refractivity contribution in [1.29, 1.82) is 0 Å². The lowest BCUT2D eigenvalue weighted by molar-refractivity contribution is 0.134. The highest BCUT2D eigenvalue weighted by atomic mass is 16.6. The molecule has 0 atom stereocenters. The molecule has 42 valence electrons. The Kier molecular flexibility index (Phi) is 10.9. The van der Waals surface area contributed by atoms with Crippen molar-refractivity contribution >= 4 is 6.16 Å². The summed E-state index contributed by atoms with van der Waals surface area (Å²) in [7, 11) is 0. The molecule has 0 aromatic carbocycles. The number of terminal acetylenes is 2. The molecule has 0 spiro atoms. The Morgan fingerprint density at radius 3 is 2.00 bits per heavy atom. The summed E-state index contributed by atoms with van der Waals surface area (Å²) in [4.78, 5) is 9.23. The molecule has 0 aromatic heterocycles. The van der Waals surface area contributed by atoms with Crippen molar-refractivity contribution in [2.24, 2.45) is 0 Å². The molecule has 0 heterocycles. The lowest BCUT2D eigenvalue weighted by Gasteiger charge is -1.76. The summed E-state index contributed by atoms with van der Waals surface area (Å²) in [5, 5.41) is 7.55. The van der Waals surface area contributed by atoms with Gasteiger partial charge in [-0.15, -0.1) is 12.8 Å². The molecule has 0 aliphatic heterocycles. The van der Waals surface area contributed by atoms with Crippen LogP contribution in [0.3, 0.4) is 0 Å². The van der Waals surface area contributed by atoms with Crippen LogP contribution in [-0.4, -0.2) is 11.3 Å². The minimum Gasteiger partial charge on any atom is -0.449 e. The van der Waals surface area contributed by atoms with Gasteiger partial charge in [-0.05, 0) is 0 Å². The number of carbonyl (C=O) groups is 1. The van der Waals surface area contributed by atoms with E-state index >= 15 is 0 Å². The number of hydrogen-bond acceptors (Lipinski definition) is 2. The van der Waals surface area contributed by atoms with E-state index < -0.39 is 6.16 Å². The van der Waals surface area contributed by atoms with E-state index in [1.54, 1.807) is 0 Å². The third kappa shape index (κ3) is 26.1. The topological polar surface area (TPSA) is 46.5 Å². The summed E-state index contributed by atoms with van der Waals surface area (Å²) >= 11 is 0. The van der Waals surface area contributed by atoms with E-state index in [2.05, 4.69) is 24.0 Å². The van der Waals surface area contributed by atoms with Crippen molar-refractivity contribution < 1.29 is 14.6 Å². The number of rotatable bonds is 0. The third-order valence-corrected chi connectivity index (χ3v) is 0.146. The normalized spacial score (nSPS) is 4.62. The van der Waals surface area contributed by atoms with Gasteiger partial charge < -0.3 is 9.84 Å². The lowest BCUT2D eigenvalue weighted by atomic mass is 11.2. The second-order valence-corrected chi connectivity index (χ2v) is 0.486. The van der Waals surface area contributed by atoms with E-state index in [1.807, 2.05) is 0 Å². The van der Waals surface area contributed by atoms with Crippen LogP contribution < -0.4 is 0 Å². The fourth-order valence-corrected chi connectivity index (χ4v) is 0.0504. The zero-order valence-corrected chi connectivity index (χ0v) is 4.00. The molecule has 8 heavy (non-hydrogen) atoms. The van der Waals surface area contributed by atoms with E-state index in [-0.39, 0.29) is 0 Å². The van der Waals surface area contributed by atoms with Crippen LogP contribution in [0.4, 0.5) is 4.79 Å². The van der Waals surface area contributed by atoms with Crippen LogP contribution in [0.2, 0.25) is 0 Å². The Morgan fingerprint density at radius 2 is 2.00 bits per heavy atom. The van der Waals surface area contributed by atoms with Gasteiger partial charge in [0.15, 0.2) is 0 Å². The first-order valence-corrected chi connectivity index (χ1v) is 1.46. The minimum atomic E-state index is -1.45. The molecule has 0 saturated heterocycles. The van der Waals surface area contributed by atoms with Crippen LogP contribution in [0.25, 0.3) is 0 Å². The lowest BCUT2D eigenvalue weighted by Crippen LogP contribution is -1.90. The van der Waals surface area contributed by atoms with Gasteiger partial charge in [0, 0.05) is 0 Å². The number of hydrogen-bond donors (Lipinski definition) is 1. The Hall–Kier alpha value is -1.61. The fourth-order valence-electron chi connectivity index (χ4n) is 0.0504. The number of ether oxygens (including phenoxy) is 1. The van der Waals surface area contributed by atoms with E-state index in [0.29, 0.717) is 0 Å². The molecule has 1 N–H and O–H groups in total. The van der Waals surface area contributed by atoms with Gasteiger partial charge in [-0.2, -0.15) is 0 Å². The van der Waals surface area contributed by atoms with Crippen molar-refractivity contribution in [2.75, 3.05) is 0 Å². The molecule has 0 unspecified atom stereocenters. The van der Waals surface area contributed by atoms with Crippen molar-refractivity contribution in [3.8, 4) is 25.4 Å². The molecule has 0 aliphatic carbocycles. The Balaban J connectivity index is 0. The van der Waals surface area contributed by atoms with Gasteiger partial charge in [-0.3, -0.25) is 0 Å². The molecule has 3 nitrogen and oxygen atoms in total. The van der Waals surface area contributed by atoms with Gasteiger partial charge in [-0.1, -0.05) is 6.42 Å². The summed E-state index contributed by atoms with van der Waals surface area (Å²) in [5.41, 5.74) is 0. The van der Waals surface area contributed by atoms with Gasteiger partial charge in [-0.25, -0.2) is 4.79 Å². The largest absolute Gasteiger partial charge is 0.520 e. The van der Waals surface area contributed by atoms with Crippen LogP contribution >= 0.6 is 0 Å². The molecule has 0 bridgehead atoms. The van der Waals surface area contributed by atoms with Crippen molar-refractivity contribution in [1.82, 2.24) is 0 Å². The van der Waals surface area contributed by atoms with E-state index in [4.69, 9.17) is 5.11 Å². The average molecular weight is 112 g/mol. The first-order chi connectivity index (χ1) is 3.77. The van der Waals surface area contributed by atoms with Gasteiger partial charge in [0.2, 0.25) is 0 Å². The van der Waals surface area contributed by atoms with Crippen LogP contribution in [-0.2, 0) is 4.74 Å². The Morgan fingerprint density at radius 1 is 1.62 bits per heavy atom. The molecular formula is C5H4O3. The zero-order valence-electron chi connectivity index (χ0n) is 4.00. The first kappa shape index (κ1) is 9.63. The van der Waals surface area contributed by atoms with Crippen molar-refractivity contribution in [3.63, 3.8) is 0 Å². The molecule has 3 heteroatoms. The third-order valence-electron chi connectivity index (χ3n) is 0.146. The minimum absolute atomic E-state index is 1.45.